The zero-order valence-corrected chi connectivity index (χ0v) is 14.5. The molecule has 0 fully saturated rings. The quantitative estimate of drug-likeness (QED) is 0.889. The summed E-state index contributed by atoms with van der Waals surface area (Å²) in [5.41, 5.74) is 1.14. The number of nitrogens with one attached hydrogen (secondary N) is 2. The van der Waals surface area contributed by atoms with Gasteiger partial charge in [0.15, 0.2) is 0 Å². The molecular formula is C15H16N4O2S2. The standard InChI is InChI=1S/C15H16N4O2S2/c1-7(2)14-18-19-15(23-14)17-13(21)9-4-5-11-10(6-9)16-12(20)8(3)22-11/h4-8H,1-3H3,(H,16,20)(H,17,19,21). The number of fused-ring (bicyclic) bond motifs is 1. The molecule has 2 heterocycles. The molecule has 0 saturated heterocycles. The van der Waals surface area contributed by atoms with E-state index >= 15 is 0 Å². The van der Waals surface area contributed by atoms with Crippen LogP contribution in [0, 0.1) is 0 Å². The lowest BCUT2D eigenvalue weighted by Gasteiger charge is -2.21. The maximum Gasteiger partial charge on any atom is 0.257 e. The summed E-state index contributed by atoms with van der Waals surface area (Å²) in [5.74, 6) is -0.0426. The predicted octanol–water partition coefficient (Wildman–Crippen LogP) is 3.35. The first kappa shape index (κ1) is 15.9. The molecular weight excluding hydrogens is 332 g/mol. The van der Waals surface area contributed by atoms with E-state index in [9.17, 15) is 9.59 Å². The van der Waals surface area contributed by atoms with E-state index in [1.165, 1.54) is 23.1 Å². The van der Waals surface area contributed by atoms with Crippen molar-refractivity contribution in [2.45, 2.75) is 36.8 Å². The normalized spacial score (nSPS) is 16.9. The van der Waals surface area contributed by atoms with Crippen LogP contribution in [-0.4, -0.2) is 27.3 Å². The third kappa shape index (κ3) is 3.37. The van der Waals surface area contributed by atoms with E-state index < -0.39 is 0 Å². The second-order valence-corrected chi connectivity index (χ2v) is 7.91. The van der Waals surface area contributed by atoms with E-state index in [2.05, 4.69) is 20.8 Å². The van der Waals surface area contributed by atoms with Gasteiger partial charge < -0.3 is 5.32 Å². The Morgan fingerprint density at radius 2 is 2.13 bits per heavy atom. The molecule has 1 unspecified atom stereocenters. The van der Waals surface area contributed by atoms with Crippen molar-refractivity contribution in [2.24, 2.45) is 0 Å². The Labute approximate surface area is 142 Å². The largest absolute Gasteiger partial charge is 0.324 e. The maximum atomic E-state index is 12.3. The molecule has 2 amide bonds. The summed E-state index contributed by atoms with van der Waals surface area (Å²) < 4.78 is 0. The Balaban J connectivity index is 1.77. The number of carbonyl (C=O) groups is 2. The van der Waals surface area contributed by atoms with Crippen molar-refractivity contribution in [1.82, 2.24) is 10.2 Å². The summed E-state index contributed by atoms with van der Waals surface area (Å²) in [4.78, 5) is 25.0. The van der Waals surface area contributed by atoms with Crippen LogP contribution in [0.15, 0.2) is 23.1 Å². The van der Waals surface area contributed by atoms with Gasteiger partial charge in [0.05, 0.1) is 10.9 Å². The highest BCUT2D eigenvalue weighted by atomic mass is 32.2. The van der Waals surface area contributed by atoms with E-state index in [-0.39, 0.29) is 23.0 Å². The molecule has 0 spiro atoms. The van der Waals surface area contributed by atoms with Gasteiger partial charge in [-0.3, -0.25) is 14.9 Å². The second kappa shape index (κ2) is 6.29. The number of carbonyl (C=O) groups excluding carboxylic acids is 2. The van der Waals surface area contributed by atoms with Crippen LogP contribution >= 0.6 is 23.1 Å². The molecule has 0 aliphatic carbocycles. The monoisotopic (exact) mass is 348 g/mol. The number of aromatic nitrogens is 2. The van der Waals surface area contributed by atoms with Gasteiger partial charge in [-0.2, -0.15) is 0 Å². The predicted molar refractivity (Wildman–Crippen MR) is 92.3 cm³/mol. The molecule has 2 N–H and O–H groups in total. The second-order valence-electron chi connectivity index (χ2n) is 5.51. The third-order valence-electron chi connectivity index (χ3n) is 3.33. The number of thioether (sulfide) groups is 1. The molecule has 23 heavy (non-hydrogen) atoms. The van der Waals surface area contributed by atoms with Gasteiger partial charge in [0, 0.05) is 16.4 Å². The summed E-state index contributed by atoms with van der Waals surface area (Å²) in [6.07, 6.45) is 0. The van der Waals surface area contributed by atoms with Crippen molar-refractivity contribution in [3.8, 4) is 0 Å². The summed E-state index contributed by atoms with van der Waals surface area (Å²) >= 11 is 2.85. The zero-order valence-electron chi connectivity index (χ0n) is 12.9. The number of hydrogen-bond acceptors (Lipinski definition) is 6. The summed E-state index contributed by atoms with van der Waals surface area (Å²) in [5, 5.41) is 14.8. The van der Waals surface area contributed by atoms with Gasteiger partial charge >= 0.3 is 0 Å². The molecule has 3 rings (SSSR count). The Bertz CT molecular complexity index is 773. The molecule has 0 radical (unpaired) electrons. The van der Waals surface area contributed by atoms with Crippen LogP contribution in [0.5, 0.6) is 0 Å². The first-order valence-corrected chi connectivity index (χ1v) is 8.90. The van der Waals surface area contributed by atoms with E-state index in [0.717, 1.165) is 9.90 Å². The summed E-state index contributed by atoms with van der Waals surface area (Å²) in [7, 11) is 0. The van der Waals surface area contributed by atoms with Crippen LogP contribution in [-0.2, 0) is 4.79 Å². The zero-order chi connectivity index (χ0) is 16.6. The molecule has 1 atom stereocenters. The van der Waals surface area contributed by atoms with E-state index in [0.29, 0.717) is 16.4 Å². The molecule has 6 nitrogen and oxygen atoms in total. The highest BCUT2D eigenvalue weighted by Gasteiger charge is 2.24. The van der Waals surface area contributed by atoms with E-state index in [1.54, 1.807) is 12.1 Å². The fraction of sp³-hybridized carbons (Fsp3) is 0.333. The number of benzene rings is 1. The van der Waals surface area contributed by atoms with Crippen LogP contribution in [0.1, 0.15) is 42.1 Å². The van der Waals surface area contributed by atoms with Crippen molar-refractivity contribution in [3.63, 3.8) is 0 Å². The number of anilines is 2. The lowest BCUT2D eigenvalue weighted by Crippen LogP contribution is -2.26. The first-order chi connectivity index (χ1) is 10.9. The van der Waals surface area contributed by atoms with Crippen molar-refractivity contribution in [1.29, 1.82) is 0 Å². The molecule has 1 aromatic carbocycles. The summed E-state index contributed by atoms with van der Waals surface area (Å²) in [6, 6.07) is 5.28. The minimum Gasteiger partial charge on any atom is -0.324 e. The Morgan fingerprint density at radius 3 is 2.83 bits per heavy atom. The molecule has 1 aliphatic heterocycles. The number of nitrogens with zero attached hydrogens (tertiary/aromatic N) is 2. The molecule has 0 bridgehead atoms. The first-order valence-electron chi connectivity index (χ1n) is 7.20. The topological polar surface area (TPSA) is 84.0 Å². The molecule has 8 heteroatoms. The van der Waals surface area contributed by atoms with E-state index in [1.807, 2.05) is 26.8 Å². The maximum absolute atomic E-state index is 12.3. The number of amides is 2. The summed E-state index contributed by atoms with van der Waals surface area (Å²) in [6.45, 7) is 5.90. The lowest BCUT2D eigenvalue weighted by atomic mass is 10.2. The smallest absolute Gasteiger partial charge is 0.257 e. The molecule has 1 aliphatic rings. The highest BCUT2D eigenvalue weighted by Crippen LogP contribution is 2.36. The van der Waals surface area contributed by atoms with Crippen LogP contribution in [0.25, 0.3) is 0 Å². The van der Waals surface area contributed by atoms with Gasteiger partial charge in [-0.1, -0.05) is 25.2 Å². The SMILES string of the molecule is CC1Sc2ccc(C(=O)Nc3nnc(C(C)C)s3)cc2NC1=O. The average molecular weight is 348 g/mol. The van der Waals surface area contributed by atoms with Crippen LogP contribution in [0.4, 0.5) is 10.8 Å². The molecule has 0 saturated carbocycles. The highest BCUT2D eigenvalue weighted by molar-refractivity contribution is 8.00. The number of rotatable bonds is 3. The van der Waals surface area contributed by atoms with Gasteiger partial charge in [0.25, 0.3) is 5.91 Å². The number of hydrogen-bond donors (Lipinski definition) is 2. The van der Waals surface area contributed by atoms with Crippen molar-refractivity contribution in [3.05, 3.63) is 28.8 Å². The van der Waals surface area contributed by atoms with E-state index in [4.69, 9.17) is 0 Å². The minimum absolute atomic E-state index is 0.0502. The van der Waals surface area contributed by atoms with Crippen LogP contribution in [0.2, 0.25) is 0 Å². The Hall–Kier alpha value is -1.93. The Kier molecular flexibility index (Phi) is 4.36. The van der Waals surface area contributed by atoms with Crippen molar-refractivity contribution >= 4 is 45.7 Å². The van der Waals surface area contributed by atoms with Gasteiger partial charge in [0.2, 0.25) is 11.0 Å². The van der Waals surface area contributed by atoms with Crippen molar-refractivity contribution < 1.29 is 9.59 Å². The minimum atomic E-state index is -0.267. The van der Waals surface area contributed by atoms with Gasteiger partial charge in [0.1, 0.15) is 5.01 Å². The van der Waals surface area contributed by atoms with Crippen LogP contribution in [0.3, 0.4) is 0 Å². The molecule has 2 aromatic rings. The third-order valence-corrected chi connectivity index (χ3v) is 5.64. The molecule has 1 aromatic heterocycles. The van der Waals surface area contributed by atoms with Crippen molar-refractivity contribution in [2.75, 3.05) is 10.6 Å². The van der Waals surface area contributed by atoms with Gasteiger partial charge in [-0.15, -0.1) is 22.0 Å². The van der Waals surface area contributed by atoms with Gasteiger partial charge in [-0.05, 0) is 25.1 Å². The lowest BCUT2D eigenvalue weighted by molar-refractivity contribution is -0.115. The fourth-order valence-corrected chi connectivity index (χ4v) is 3.71. The van der Waals surface area contributed by atoms with Crippen LogP contribution < -0.4 is 10.6 Å². The molecule has 120 valence electrons. The van der Waals surface area contributed by atoms with Gasteiger partial charge in [-0.25, -0.2) is 0 Å². The fourth-order valence-electron chi connectivity index (χ4n) is 2.04. The average Bonchev–Trinajstić information content (AvgIpc) is 2.96. The Morgan fingerprint density at radius 1 is 1.35 bits per heavy atom.